The van der Waals surface area contributed by atoms with Gasteiger partial charge in [0.2, 0.25) is 0 Å². The third-order valence-electron chi connectivity index (χ3n) is 3.35. The van der Waals surface area contributed by atoms with Crippen LogP contribution in [0.4, 0.5) is 5.69 Å². The first-order valence-electron chi connectivity index (χ1n) is 5.83. The number of hydrogen-bond acceptors (Lipinski definition) is 2. The lowest BCUT2D eigenvalue weighted by atomic mass is 10.1. The summed E-state index contributed by atoms with van der Waals surface area (Å²) in [5.41, 5.74) is 6.95. The van der Waals surface area contributed by atoms with Gasteiger partial charge in [-0.05, 0) is 43.0 Å². The summed E-state index contributed by atoms with van der Waals surface area (Å²) in [5.74, 6) is 0.608. The van der Waals surface area contributed by atoms with Crippen molar-refractivity contribution in [3.63, 3.8) is 0 Å². The number of hydrogen-bond donors (Lipinski definition) is 2. The number of carbonyl (C=O) groups excluding carboxylic acids is 1. The molecule has 1 fully saturated rings. The van der Waals surface area contributed by atoms with E-state index in [1.165, 1.54) is 12.8 Å². The molecule has 2 rings (SSSR count). The fourth-order valence-corrected chi connectivity index (χ4v) is 2.25. The maximum Gasteiger partial charge on any atom is 0.251 e. The molecule has 1 saturated carbocycles. The number of anilines is 1. The van der Waals surface area contributed by atoms with E-state index in [4.69, 9.17) is 5.73 Å². The highest BCUT2D eigenvalue weighted by Gasteiger charge is 2.24. The molecule has 1 aromatic rings. The van der Waals surface area contributed by atoms with E-state index in [0.29, 0.717) is 23.2 Å². The summed E-state index contributed by atoms with van der Waals surface area (Å²) in [6, 6.07) is 7.39. The Hall–Kier alpha value is -1.22. The highest BCUT2D eigenvalue weighted by atomic mass is 35.5. The normalized spacial score (nSPS) is 22.9. The van der Waals surface area contributed by atoms with Crippen molar-refractivity contribution in [1.29, 1.82) is 0 Å². The topological polar surface area (TPSA) is 55.1 Å². The number of rotatable bonds is 2. The Bertz CT molecular complexity index is 378. The fraction of sp³-hybridized carbons (Fsp3) is 0.462. The third kappa shape index (κ3) is 3.37. The van der Waals surface area contributed by atoms with E-state index in [0.717, 1.165) is 6.42 Å². The van der Waals surface area contributed by atoms with Gasteiger partial charge in [0.1, 0.15) is 0 Å². The van der Waals surface area contributed by atoms with Crippen molar-refractivity contribution in [3.05, 3.63) is 29.8 Å². The van der Waals surface area contributed by atoms with Gasteiger partial charge < -0.3 is 11.1 Å². The molecule has 0 spiro atoms. The van der Waals surface area contributed by atoms with Crippen LogP contribution in [-0.4, -0.2) is 11.9 Å². The van der Waals surface area contributed by atoms with E-state index >= 15 is 0 Å². The summed E-state index contributed by atoms with van der Waals surface area (Å²) in [4.78, 5) is 11.9. The van der Waals surface area contributed by atoms with Gasteiger partial charge in [-0.3, -0.25) is 4.79 Å². The van der Waals surface area contributed by atoms with Crippen molar-refractivity contribution >= 4 is 24.0 Å². The number of halogens is 1. The average Bonchev–Trinajstić information content (AvgIpc) is 2.65. The van der Waals surface area contributed by atoms with E-state index in [1.54, 1.807) is 24.3 Å². The average molecular weight is 255 g/mol. The van der Waals surface area contributed by atoms with Crippen molar-refractivity contribution < 1.29 is 4.79 Å². The van der Waals surface area contributed by atoms with Gasteiger partial charge >= 0.3 is 0 Å². The van der Waals surface area contributed by atoms with Crippen LogP contribution in [-0.2, 0) is 0 Å². The highest BCUT2D eigenvalue weighted by molar-refractivity contribution is 5.94. The molecule has 0 radical (unpaired) electrons. The fourth-order valence-electron chi connectivity index (χ4n) is 2.25. The van der Waals surface area contributed by atoms with Crippen LogP contribution in [0, 0.1) is 5.92 Å². The predicted octanol–water partition coefficient (Wildman–Crippen LogP) is 2.61. The molecule has 4 heteroatoms. The Morgan fingerprint density at radius 2 is 1.94 bits per heavy atom. The zero-order valence-corrected chi connectivity index (χ0v) is 10.8. The van der Waals surface area contributed by atoms with Gasteiger partial charge in [-0.25, -0.2) is 0 Å². The lowest BCUT2D eigenvalue weighted by molar-refractivity contribution is 0.0929. The summed E-state index contributed by atoms with van der Waals surface area (Å²) >= 11 is 0. The second-order valence-corrected chi connectivity index (χ2v) is 4.61. The van der Waals surface area contributed by atoms with Gasteiger partial charge in [0.15, 0.2) is 0 Å². The number of nitrogen functional groups attached to an aromatic ring is 1. The quantitative estimate of drug-likeness (QED) is 0.797. The van der Waals surface area contributed by atoms with Crippen molar-refractivity contribution in [2.24, 2.45) is 5.92 Å². The first kappa shape index (κ1) is 13.8. The van der Waals surface area contributed by atoms with Crippen LogP contribution >= 0.6 is 12.4 Å². The van der Waals surface area contributed by atoms with Crippen LogP contribution in [0.2, 0.25) is 0 Å². The molecule has 3 N–H and O–H groups in total. The molecule has 0 bridgehead atoms. The maximum absolute atomic E-state index is 11.9. The maximum atomic E-state index is 11.9. The molecule has 1 aromatic carbocycles. The van der Waals surface area contributed by atoms with Crippen LogP contribution in [0.15, 0.2) is 24.3 Å². The lowest BCUT2D eigenvalue weighted by Crippen LogP contribution is -2.36. The number of benzene rings is 1. The minimum absolute atomic E-state index is 0. The predicted molar refractivity (Wildman–Crippen MR) is 72.4 cm³/mol. The summed E-state index contributed by atoms with van der Waals surface area (Å²) in [6.07, 6.45) is 3.53. The smallest absolute Gasteiger partial charge is 0.251 e. The highest BCUT2D eigenvalue weighted by Crippen LogP contribution is 2.25. The van der Waals surface area contributed by atoms with Gasteiger partial charge in [-0.15, -0.1) is 12.4 Å². The van der Waals surface area contributed by atoms with Gasteiger partial charge in [0.25, 0.3) is 5.91 Å². The minimum atomic E-state index is 0. The molecule has 94 valence electrons. The number of amides is 1. The first-order valence-corrected chi connectivity index (χ1v) is 5.83. The van der Waals surface area contributed by atoms with E-state index < -0.39 is 0 Å². The Balaban J connectivity index is 0.00000144. The largest absolute Gasteiger partial charge is 0.399 e. The number of nitrogens with two attached hydrogens (primary N) is 1. The number of carbonyl (C=O) groups is 1. The SMILES string of the molecule is CC1CCCC1NC(=O)c1ccc(N)cc1.Cl. The van der Waals surface area contributed by atoms with Crippen molar-refractivity contribution in [2.75, 3.05) is 5.73 Å². The van der Waals surface area contributed by atoms with Crippen LogP contribution in [0.1, 0.15) is 36.5 Å². The summed E-state index contributed by atoms with van der Waals surface area (Å²) < 4.78 is 0. The molecule has 2 unspecified atom stereocenters. The van der Waals surface area contributed by atoms with Gasteiger partial charge in [0, 0.05) is 17.3 Å². The van der Waals surface area contributed by atoms with Gasteiger partial charge in [0.05, 0.1) is 0 Å². The molecule has 1 aliphatic carbocycles. The molecular weight excluding hydrogens is 236 g/mol. The molecular formula is C13H19ClN2O. The first-order chi connectivity index (χ1) is 7.66. The van der Waals surface area contributed by atoms with Crippen LogP contribution in [0.3, 0.4) is 0 Å². The van der Waals surface area contributed by atoms with Crippen molar-refractivity contribution in [3.8, 4) is 0 Å². The molecule has 0 aromatic heterocycles. The van der Waals surface area contributed by atoms with E-state index in [-0.39, 0.29) is 18.3 Å². The van der Waals surface area contributed by atoms with E-state index in [2.05, 4.69) is 12.2 Å². The molecule has 0 saturated heterocycles. The molecule has 0 aliphatic heterocycles. The number of nitrogens with one attached hydrogen (secondary N) is 1. The Morgan fingerprint density at radius 1 is 1.29 bits per heavy atom. The molecule has 1 aliphatic rings. The molecule has 0 heterocycles. The Morgan fingerprint density at radius 3 is 2.47 bits per heavy atom. The van der Waals surface area contributed by atoms with E-state index in [9.17, 15) is 4.79 Å². The standard InChI is InChI=1S/C13H18N2O.ClH/c1-9-3-2-4-12(9)15-13(16)10-5-7-11(14)8-6-10;/h5-9,12H,2-4,14H2,1H3,(H,15,16);1H. The lowest BCUT2D eigenvalue weighted by Gasteiger charge is -2.17. The third-order valence-corrected chi connectivity index (χ3v) is 3.35. The molecule has 17 heavy (non-hydrogen) atoms. The monoisotopic (exact) mass is 254 g/mol. The van der Waals surface area contributed by atoms with Crippen LogP contribution < -0.4 is 11.1 Å². The second kappa shape index (κ2) is 5.92. The van der Waals surface area contributed by atoms with Crippen LogP contribution in [0.25, 0.3) is 0 Å². The summed E-state index contributed by atoms with van der Waals surface area (Å²) in [5, 5.41) is 3.08. The van der Waals surface area contributed by atoms with Gasteiger partial charge in [-0.2, -0.15) is 0 Å². The van der Waals surface area contributed by atoms with Crippen LogP contribution in [0.5, 0.6) is 0 Å². The minimum Gasteiger partial charge on any atom is -0.399 e. The van der Waals surface area contributed by atoms with Gasteiger partial charge in [-0.1, -0.05) is 13.3 Å². The van der Waals surface area contributed by atoms with E-state index in [1.807, 2.05) is 0 Å². The molecule has 2 atom stereocenters. The molecule has 1 amide bonds. The van der Waals surface area contributed by atoms with Crippen molar-refractivity contribution in [2.45, 2.75) is 32.2 Å². The zero-order chi connectivity index (χ0) is 11.5. The molecule has 3 nitrogen and oxygen atoms in total. The summed E-state index contributed by atoms with van der Waals surface area (Å²) in [6.45, 7) is 2.20. The Labute approximate surface area is 108 Å². The second-order valence-electron chi connectivity index (χ2n) is 4.61. The zero-order valence-electron chi connectivity index (χ0n) is 9.98. The summed E-state index contributed by atoms with van der Waals surface area (Å²) in [7, 11) is 0. The Kier molecular flexibility index (Phi) is 4.82. The van der Waals surface area contributed by atoms with Crippen molar-refractivity contribution in [1.82, 2.24) is 5.32 Å².